The van der Waals surface area contributed by atoms with Crippen molar-refractivity contribution < 1.29 is 22.0 Å². The van der Waals surface area contributed by atoms with Gasteiger partial charge in [-0.1, -0.05) is 58.8 Å². The van der Waals surface area contributed by atoms with Crippen LogP contribution in [0.25, 0.3) is 26.4 Å². The number of nitrogens with zero attached hydrogens (tertiary/aromatic N) is 5. The number of thiazole rings is 1. The summed E-state index contributed by atoms with van der Waals surface area (Å²) in [5, 5.41) is 3.74. The molecule has 0 radical (unpaired) electrons. The maximum absolute atomic E-state index is 15.7. The second-order valence-corrected chi connectivity index (χ2v) is 13.4. The van der Waals surface area contributed by atoms with Crippen molar-refractivity contribution in [2.24, 2.45) is 0 Å². The molecule has 0 saturated carbocycles. The summed E-state index contributed by atoms with van der Waals surface area (Å²) in [5.74, 6) is -2.20. The number of carbonyl (C=O) groups is 1. The molecule has 1 aliphatic heterocycles. The van der Waals surface area contributed by atoms with Crippen LogP contribution in [-0.2, 0) is 14.8 Å². The van der Waals surface area contributed by atoms with Crippen LogP contribution in [0.2, 0.25) is 10.0 Å². The average molecular weight is 687 g/mol. The van der Waals surface area contributed by atoms with Gasteiger partial charge in [0.05, 0.1) is 26.9 Å². The number of benzene rings is 3. The van der Waals surface area contributed by atoms with E-state index in [1.807, 2.05) is 35.0 Å². The lowest BCUT2D eigenvalue weighted by molar-refractivity contribution is -0.117. The third kappa shape index (κ3) is 5.13. The van der Waals surface area contributed by atoms with Gasteiger partial charge in [0, 0.05) is 24.5 Å². The SMILES string of the molecule is O=C1CCCN1c1cn(-c2nc3c(Nc4c(F)ccc(NS(=O)(=O)c5cccc(Cl)c5Cl)c4F)ncnc3s2)c2ccccc12. The first kappa shape index (κ1) is 29.3. The highest BCUT2D eigenvalue weighted by atomic mass is 35.5. The van der Waals surface area contributed by atoms with Gasteiger partial charge >= 0.3 is 0 Å². The first-order valence-electron chi connectivity index (χ1n) is 13.4. The van der Waals surface area contributed by atoms with Gasteiger partial charge in [-0.15, -0.1) is 0 Å². The molecule has 6 aromatic rings. The molecule has 0 spiro atoms. The van der Waals surface area contributed by atoms with Crippen LogP contribution in [-0.4, -0.2) is 40.4 Å². The number of halogens is 4. The molecule has 1 amide bonds. The number of hydrogen-bond acceptors (Lipinski definition) is 8. The van der Waals surface area contributed by atoms with Crippen LogP contribution in [0.4, 0.5) is 31.7 Å². The first-order chi connectivity index (χ1) is 21.6. The Labute approximate surface area is 268 Å². The minimum atomic E-state index is -4.40. The number of nitrogens with one attached hydrogen (secondary N) is 2. The van der Waals surface area contributed by atoms with Crippen molar-refractivity contribution in [3.63, 3.8) is 0 Å². The molecular weight excluding hydrogens is 667 g/mol. The fourth-order valence-corrected chi connectivity index (χ4v) is 7.85. The van der Waals surface area contributed by atoms with Crippen molar-refractivity contribution in [2.45, 2.75) is 17.7 Å². The largest absolute Gasteiger partial charge is 0.333 e. The van der Waals surface area contributed by atoms with Crippen molar-refractivity contribution in [2.75, 3.05) is 21.5 Å². The van der Waals surface area contributed by atoms with E-state index in [2.05, 4.69) is 20.0 Å². The summed E-state index contributed by atoms with van der Waals surface area (Å²) < 4.78 is 60.6. The molecule has 3 aromatic carbocycles. The Balaban J connectivity index is 1.26. The van der Waals surface area contributed by atoms with Gasteiger partial charge < -0.3 is 10.2 Å². The third-order valence-corrected chi connectivity index (χ3v) is 10.5. The van der Waals surface area contributed by atoms with Crippen molar-refractivity contribution in [3.8, 4) is 5.13 Å². The summed E-state index contributed by atoms with van der Waals surface area (Å²) in [6, 6.07) is 13.4. The number of aromatic nitrogens is 4. The lowest BCUT2D eigenvalue weighted by atomic mass is 10.2. The average Bonchev–Trinajstić information content (AvgIpc) is 3.74. The van der Waals surface area contributed by atoms with Crippen molar-refractivity contribution in [1.82, 2.24) is 19.5 Å². The van der Waals surface area contributed by atoms with E-state index in [1.54, 1.807) is 4.90 Å². The Bertz CT molecular complexity index is 2280. The second kappa shape index (κ2) is 11.2. The Morgan fingerprint density at radius 3 is 2.62 bits per heavy atom. The van der Waals surface area contributed by atoms with E-state index in [0.717, 1.165) is 35.1 Å². The molecule has 0 bridgehead atoms. The second-order valence-electron chi connectivity index (χ2n) is 9.99. The minimum Gasteiger partial charge on any atom is -0.333 e. The number of amides is 1. The maximum Gasteiger partial charge on any atom is 0.263 e. The lowest BCUT2D eigenvalue weighted by Gasteiger charge is -2.14. The molecule has 1 aliphatic rings. The van der Waals surface area contributed by atoms with Gasteiger partial charge in [-0.05, 0) is 36.8 Å². The lowest BCUT2D eigenvalue weighted by Crippen LogP contribution is -2.23. The highest BCUT2D eigenvalue weighted by Crippen LogP contribution is 2.38. The van der Waals surface area contributed by atoms with Gasteiger partial charge in [-0.2, -0.15) is 0 Å². The van der Waals surface area contributed by atoms with Crippen LogP contribution >= 0.6 is 34.5 Å². The van der Waals surface area contributed by atoms with Crippen LogP contribution in [0, 0.1) is 11.6 Å². The minimum absolute atomic E-state index is 0.00875. The normalized spacial score (nSPS) is 13.7. The van der Waals surface area contributed by atoms with Crippen LogP contribution in [0.3, 0.4) is 0 Å². The molecule has 45 heavy (non-hydrogen) atoms. The Morgan fingerprint density at radius 1 is 1.00 bits per heavy atom. The highest BCUT2D eigenvalue weighted by Gasteiger charge is 2.27. The predicted octanol–water partition coefficient (Wildman–Crippen LogP) is 7.29. The van der Waals surface area contributed by atoms with E-state index in [1.165, 1.54) is 35.9 Å². The first-order valence-corrected chi connectivity index (χ1v) is 16.4. The van der Waals surface area contributed by atoms with E-state index in [4.69, 9.17) is 28.2 Å². The maximum atomic E-state index is 15.7. The molecule has 16 heteroatoms. The molecule has 10 nitrogen and oxygen atoms in total. The highest BCUT2D eigenvalue weighted by molar-refractivity contribution is 7.92. The molecule has 0 unspecified atom stereocenters. The Morgan fingerprint density at radius 2 is 1.82 bits per heavy atom. The van der Waals surface area contributed by atoms with Crippen molar-refractivity contribution >= 4 is 94.6 Å². The van der Waals surface area contributed by atoms with Gasteiger partial charge in [0.15, 0.2) is 21.6 Å². The van der Waals surface area contributed by atoms with E-state index < -0.39 is 33.0 Å². The van der Waals surface area contributed by atoms with Gasteiger partial charge in [-0.3, -0.25) is 14.1 Å². The predicted molar refractivity (Wildman–Crippen MR) is 171 cm³/mol. The van der Waals surface area contributed by atoms with E-state index >= 15 is 8.78 Å². The van der Waals surface area contributed by atoms with Crippen molar-refractivity contribution in [1.29, 1.82) is 0 Å². The topological polar surface area (TPSA) is 122 Å². The summed E-state index contributed by atoms with van der Waals surface area (Å²) in [5.41, 5.74) is 0.597. The molecule has 7 rings (SSSR count). The zero-order chi connectivity index (χ0) is 31.5. The summed E-state index contributed by atoms with van der Waals surface area (Å²) in [6.45, 7) is 0.616. The quantitative estimate of drug-likeness (QED) is 0.181. The Kier molecular flexibility index (Phi) is 7.31. The number of fused-ring (bicyclic) bond motifs is 2. The van der Waals surface area contributed by atoms with Gasteiger partial charge in [0.1, 0.15) is 28.2 Å². The molecule has 0 aliphatic carbocycles. The fourth-order valence-electron chi connectivity index (χ4n) is 5.13. The monoisotopic (exact) mass is 685 g/mol. The summed E-state index contributed by atoms with van der Waals surface area (Å²) in [7, 11) is -4.40. The standard InChI is InChI=1S/C29H19Cl2F2N7O3S2/c30-16-6-3-8-21(23(16)31)45(42,43)38-18-11-10-17(32)25(24(18)33)36-27-26-28(35-14-34-27)44-29(37-26)40-13-20(39-12-4-9-22(39)41)15-5-1-2-7-19(15)40/h1-3,5-8,10-11,13-14,38H,4,9,12H2,(H,34,35,36). The number of rotatable bonds is 7. The number of sulfonamides is 1. The molecule has 4 heterocycles. The van der Waals surface area contributed by atoms with Crippen LogP contribution in [0.1, 0.15) is 12.8 Å². The number of anilines is 4. The van der Waals surface area contributed by atoms with Gasteiger partial charge in [0.25, 0.3) is 10.0 Å². The van der Waals surface area contributed by atoms with Gasteiger partial charge in [0.2, 0.25) is 5.91 Å². The van der Waals surface area contributed by atoms with Crippen LogP contribution < -0.4 is 14.9 Å². The number of hydrogen-bond donors (Lipinski definition) is 2. The summed E-state index contributed by atoms with van der Waals surface area (Å²) in [6.07, 6.45) is 4.31. The van der Waals surface area contributed by atoms with Crippen LogP contribution in [0.15, 0.2) is 72.0 Å². The molecule has 3 aromatic heterocycles. The Hall–Kier alpha value is -4.37. The zero-order valence-electron chi connectivity index (χ0n) is 22.8. The molecule has 1 fully saturated rings. The summed E-state index contributed by atoms with van der Waals surface area (Å²) >= 11 is 13.2. The summed E-state index contributed by atoms with van der Waals surface area (Å²) in [4.78, 5) is 27.5. The van der Waals surface area contributed by atoms with Gasteiger partial charge in [-0.25, -0.2) is 32.2 Å². The van der Waals surface area contributed by atoms with Crippen molar-refractivity contribution in [3.05, 3.63) is 88.8 Å². The fraction of sp³-hybridized carbons (Fsp3) is 0.103. The smallest absolute Gasteiger partial charge is 0.263 e. The molecule has 0 atom stereocenters. The van der Waals surface area contributed by atoms with E-state index in [0.29, 0.717) is 22.9 Å². The number of carbonyl (C=O) groups excluding carboxylic acids is 1. The number of para-hydroxylation sites is 1. The molecule has 1 saturated heterocycles. The zero-order valence-corrected chi connectivity index (χ0v) is 25.9. The molecule has 2 N–H and O–H groups in total. The van der Waals surface area contributed by atoms with E-state index in [9.17, 15) is 13.2 Å². The van der Waals surface area contributed by atoms with E-state index in [-0.39, 0.29) is 32.2 Å². The van der Waals surface area contributed by atoms with Crippen LogP contribution in [0.5, 0.6) is 0 Å². The third-order valence-electron chi connectivity index (χ3n) is 7.23. The molecule has 228 valence electrons. The molecular formula is C29H19Cl2F2N7O3S2.